The minimum atomic E-state index is -4.83. The van der Waals surface area contributed by atoms with E-state index in [9.17, 15) is 23.7 Å². The van der Waals surface area contributed by atoms with Gasteiger partial charge in [-0.1, -0.05) is 12.1 Å². The van der Waals surface area contributed by atoms with E-state index in [-0.39, 0.29) is 29.2 Å². The summed E-state index contributed by atoms with van der Waals surface area (Å²) in [5.41, 5.74) is 0.693. The van der Waals surface area contributed by atoms with Gasteiger partial charge in [0.2, 0.25) is 0 Å². The molecule has 0 fully saturated rings. The summed E-state index contributed by atoms with van der Waals surface area (Å²) in [5.74, 6) is -0.655. The Hall–Kier alpha value is -2.49. The molecule has 4 N–H and O–H groups in total. The minimum absolute atomic E-state index is 0.0143. The minimum Gasteiger partial charge on any atom is -0.508 e. The molecule has 1 unspecified atom stereocenters. The van der Waals surface area contributed by atoms with Crippen LogP contribution in [0.2, 0.25) is 0 Å². The van der Waals surface area contributed by atoms with Crippen LogP contribution in [0.4, 0.5) is 0 Å². The molecular weight excluding hydrogens is 340 g/mol. The van der Waals surface area contributed by atoms with E-state index in [2.05, 4.69) is 4.18 Å². The molecule has 8 nitrogen and oxygen atoms in total. The number of fused-ring (bicyclic) bond motifs is 1. The fraction of sp³-hybridized carbons (Fsp3) is 0.200. The van der Waals surface area contributed by atoms with Gasteiger partial charge >= 0.3 is 10.4 Å². The lowest BCUT2D eigenvalue weighted by molar-refractivity contribution is 0.0639. The molecular formula is C15H14O8S. The van der Waals surface area contributed by atoms with Crippen molar-refractivity contribution < 1.29 is 37.2 Å². The predicted octanol–water partition coefficient (Wildman–Crippen LogP) is 1.84. The van der Waals surface area contributed by atoms with Crippen molar-refractivity contribution in [3.63, 3.8) is 0 Å². The maximum Gasteiger partial charge on any atom is 0.446 e. The number of rotatable bonds is 3. The normalized spacial score (nSPS) is 20.1. The first-order chi connectivity index (χ1) is 11.2. The zero-order valence-corrected chi connectivity index (χ0v) is 13.0. The maximum absolute atomic E-state index is 10.9. The number of hydrogen-bond donors (Lipinski definition) is 4. The first-order valence-corrected chi connectivity index (χ1v) is 8.27. The molecule has 0 radical (unpaired) electrons. The zero-order chi connectivity index (χ0) is 17.5. The summed E-state index contributed by atoms with van der Waals surface area (Å²) in [6.45, 7) is 0. The molecule has 2 aromatic carbocycles. The average Bonchev–Trinajstić information content (AvgIpc) is 2.45. The van der Waals surface area contributed by atoms with E-state index in [4.69, 9.17) is 9.29 Å². The molecule has 24 heavy (non-hydrogen) atoms. The molecule has 1 heterocycles. The van der Waals surface area contributed by atoms with Crippen LogP contribution in [0, 0.1) is 0 Å². The van der Waals surface area contributed by atoms with Gasteiger partial charge in [-0.2, -0.15) is 8.42 Å². The highest BCUT2D eigenvalue weighted by Crippen LogP contribution is 2.47. The molecule has 0 amide bonds. The summed E-state index contributed by atoms with van der Waals surface area (Å²) < 4.78 is 40.8. The molecule has 0 saturated carbocycles. The molecule has 0 aromatic heterocycles. The van der Waals surface area contributed by atoms with Crippen molar-refractivity contribution in [1.29, 1.82) is 0 Å². The second kappa shape index (κ2) is 5.86. The summed E-state index contributed by atoms with van der Waals surface area (Å²) >= 11 is 0. The smallest absolute Gasteiger partial charge is 0.446 e. The van der Waals surface area contributed by atoms with Crippen LogP contribution in [0.25, 0.3) is 0 Å². The molecule has 1 aliphatic rings. The van der Waals surface area contributed by atoms with Crippen LogP contribution < -0.4 is 8.92 Å². The van der Waals surface area contributed by atoms with Crippen molar-refractivity contribution in [3.8, 4) is 23.0 Å². The number of benzene rings is 2. The molecule has 2 atom stereocenters. The summed E-state index contributed by atoms with van der Waals surface area (Å²) in [6, 6.07) is 8.35. The van der Waals surface area contributed by atoms with Gasteiger partial charge in [0.1, 0.15) is 23.4 Å². The van der Waals surface area contributed by atoms with Gasteiger partial charge in [-0.3, -0.25) is 4.55 Å². The van der Waals surface area contributed by atoms with Crippen LogP contribution in [-0.4, -0.2) is 28.3 Å². The van der Waals surface area contributed by atoms with Gasteiger partial charge in [0.05, 0.1) is 11.7 Å². The summed E-state index contributed by atoms with van der Waals surface area (Å²) in [6.07, 6.45) is -1.64. The van der Waals surface area contributed by atoms with Crippen LogP contribution in [0.1, 0.15) is 29.8 Å². The molecule has 0 bridgehead atoms. The Morgan fingerprint density at radius 3 is 2.38 bits per heavy atom. The summed E-state index contributed by atoms with van der Waals surface area (Å²) in [5, 5.41) is 29.4. The van der Waals surface area contributed by atoms with E-state index in [0.29, 0.717) is 5.56 Å². The van der Waals surface area contributed by atoms with Gasteiger partial charge < -0.3 is 24.2 Å². The Bertz CT molecular complexity index is 860. The number of ether oxygens (including phenoxy) is 1. The van der Waals surface area contributed by atoms with E-state index in [0.717, 1.165) is 6.07 Å². The van der Waals surface area contributed by atoms with Gasteiger partial charge in [-0.15, -0.1) is 0 Å². The standard InChI is InChI=1S/C15H14O8S/c16-9-3-1-8(2-4-9)12-7-11(18)15-13(22-12)5-10(17)6-14(15)23-24(19,20)21/h1-6,11-12,16-18H,7H2,(H,19,20,21)/t11?,12-/m0/s1. The summed E-state index contributed by atoms with van der Waals surface area (Å²) in [7, 11) is -4.83. The molecule has 1 aliphatic heterocycles. The monoisotopic (exact) mass is 354 g/mol. The molecule has 3 rings (SSSR count). The topological polar surface area (TPSA) is 134 Å². The molecule has 0 spiro atoms. The second-order valence-electron chi connectivity index (χ2n) is 5.32. The molecule has 0 saturated heterocycles. The van der Waals surface area contributed by atoms with Crippen molar-refractivity contribution in [2.75, 3.05) is 0 Å². The lowest BCUT2D eigenvalue weighted by atomic mass is 9.94. The Labute approximate surface area is 137 Å². The van der Waals surface area contributed by atoms with Crippen molar-refractivity contribution in [2.24, 2.45) is 0 Å². The van der Waals surface area contributed by atoms with Gasteiger partial charge in [-0.05, 0) is 17.7 Å². The first kappa shape index (κ1) is 16.4. The number of hydrogen-bond acceptors (Lipinski definition) is 7. The third-order valence-corrected chi connectivity index (χ3v) is 3.98. The van der Waals surface area contributed by atoms with E-state index < -0.39 is 28.4 Å². The van der Waals surface area contributed by atoms with Gasteiger partial charge in [0, 0.05) is 18.6 Å². The van der Waals surface area contributed by atoms with Gasteiger partial charge in [0.25, 0.3) is 0 Å². The Morgan fingerprint density at radius 2 is 1.75 bits per heavy atom. The Morgan fingerprint density at radius 1 is 1.08 bits per heavy atom. The van der Waals surface area contributed by atoms with Gasteiger partial charge in [0.15, 0.2) is 5.75 Å². The highest BCUT2D eigenvalue weighted by Gasteiger charge is 2.32. The number of aromatic hydroxyl groups is 2. The number of aliphatic hydroxyl groups is 1. The van der Waals surface area contributed by atoms with Crippen molar-refractivity contribution in [1.82, 2.24) is 0 Å². The quantitative estimate of drug-likeness (QED) is 0.614. The average molecular weight is 354 g/mol. The van der Waals surface area contributed by atoms with Crippen molar-refractivity contribution >= 4 is 10.4 Å². The highest BCUT2D eigenvalue weighted by atomic mass is 32.3. The third kappa shape index (κ3) is 3.37. The van der Waals surface area contributed by atoms with E-state index >= 15 is 0 Å². The van der Waals surface area contributed by atoms with Crippen molar-refractivity contribution in [3.05, 3.63) is 47.5 Å². The molecule has 0 aliphatic carbocycles. The van der Waals surface area contributed by atoms with Crippen LogP contribution in [0.5, 0.6) is 23.0 Å². The number of phenolic OH excluding ortho intramolecular Hbond substituents is 2. The van der Waals surface area contributed by atoms with E-state index in [1.807, 2.05) is 0 Å². The van der Waals surface area contributed by atoms with Crippen LogP contribution in [-0.2, 0) is 10.4 Å². The molecule has 2 aromatic rings. The largest absolute Gasteiger partial charge is 0.508 e. The second-order valence-corrected chi connectivity index (χ2v) is 6.34. The van der Waals surface area contributed by atoms with E-state index in [1.54, 1.807) is 12.1 Å². The van der Waals surface area contributed by atoms with E-state index in [1.165, 1.54) is 18.2 Å². The fourth-order valence-corrected chi connectivity index (χ4v) is 2.98. The Kier molecular flexibility index (Phi) is 3.99. The number of aliphatic hydroxyl groups excluding tert-OH is 1. The number of phenols is 2. The Balaban J connectivity index is 2.00. The van der Waals surface area contributed by atoms with Crippen LogP contribution in [0.3, 0.4) is 0 Å². The first-order valence-electron chi connectivity index (χ1n) is 6.90. The molecule has 128 valence electrons. The third-order valence-electron chi connectivity index (χ3n) is 3.59. The van der Waals surface area contributed by atoms with Crippen molar-refractivity contribution in [2.45, 2.75) is 18.6 Å². The highest BCUT2D eigenvalue weighted by molar-refractivity contribution is 7.81. The zero-order valence-electron chi connectivity index (χ0n) is 12.2. The van der Waals surface area contributed by atoms with Crippen LogP contribution in [0.15, 0.2) is 36.4 Å². The van der Waals surface area contributed by atoms with Gasteiger partial charge in [-0.25, -0.2) is 0 Å². The maximum atomic E-state index is 10.9. The van der Waals surface area contributed by atoms with Crippen LogP contribution >= 0.6 is 0 Å². The SMILES string of the molecule is O=S(=O)(O)Oc1cc(O)cc2c1C(O)C[C@@H](c1ccc(O)cc1)O2. The lowest BCUT2D eigenvalue weighted by Gasteiger charge is -2.31. The summed E-state index contributed by atoms with van der Waals surface area (Å²) in [4.78, 5) is 0. The lowest BCUT2D eigenvalue weighted by Crippen LogP contribution is -2.20. The fourth-order valence-electron chi connectivity index (χ4n) is 2.61. The molecule has 9 heteroatoms. The predicted molar refractivity (Wildman–Crippen MR) is 81.3 cm³/mol.